The second kappa shape index (κ2) is 8.61. The first-order chi connectivity index (χ1) is 14.6. The van der Waals surface area contributed by atoms with Gasteiger partial charge in [-0.15, -0.1) is 0 Å². The van der Waals surface area contributed by atoms with E-state index in [-0.39, 0.29) is 12.4 Å². The molecule has 0 saturated carbocycles. The molecule has 3 aromatic carbocycles. The van der Waals surface area contributed by atoms with Gasteiger partial charge in [0, 0.05) is 5.39 Å². The summed E-state index contributed by atoms with van der Waals surface area (Å²) >= 11 is 12.4. The summed E-state index contributed by atoms with van der Waals surface area (Å²) in [5.41, 5.74) is 3.69. The van der Waals surface area contributed by atoms with Crippen LogP contribution in [0.15, 0.2) is 76.8 Å². The van der Waals surface area contributed by atoms with Crippen LogP contribution in [0.25, 0.3) is 21.7 Å². The lowest BCUT2D eigenvalue weighted by atomic mass is 10.1. The molecule has 150 valence electrons. The van der Waals surface area contributed by atoms with Gasteiger partial charge in [-0.2, -0.15) is 5.10 Å². The van der Waals surface area contributed by atoms with Crippen molar-refractivity contribution in [3.8, 4) is 5.75 Å². The van der Waals surface area contributed by atoms with E-state index in [0.29, 0.717) is 26.9 Å². The van der Waals surface area contributed by atoms with Gasteiger partial charge < -0.3 is 9.15 Å². The number of benzene rings is 3. The third-order valence-electron chi connectivity index (χ3n) is 4.40. The van der Waals surface area contributed by atoms with Crippen LogP contribution in [0.2, 0.25) is 10.0 Å². The fraction of sp³-hybridized carbons (Fsp3) is 0.0435. The van der Waals surface area contributed by atoms with Crippen LogP contribution in [-0.4, -0.2) is 18.7 Å². The lowest BCUT2D eigenvalue weighted by Crippen LogP contribution is -2.16. The normalized spacial score (nSPS) is 11.3. The summed E-state index contributed by atoms with van der Waals surface area (Å²) < 4.78 is 11.1. The Kier molecular flexibility index (Phi) is 5.74. The van der Waals surface area contributed by atoms with Gasteiger partial charge in [0.2, 0.25) is 0 Å². The van der Waals surface area contributed by atoms with Crippen molar-refractivity contribution in [2.45, 2.75) is 0 Å². The van der Waals surface area contributed by atoms with Gasteiger partial charge in [-0.25, -0.2) is 5.43 Å². The number of rotatable bonds is 6. The van der Waals surface area contributed by atoms with Crippen molar-refractivity contribution in [2.24, 2.45) is 5.10 Å². The average Bonchev–Trinajstić information content (AvgIpc) is 3.18. The van der Waals surface area contributed by atoms with Crippen molar-refractivity contribution < 1.29 is 13.9 Å². The van der Waals surface area contributed by atoms with E-state index in [9.17, 15) is 4.79 Å². The summed E-state index contributed by atoms with van der Waals surface area (Å²) in [5.74, 6) is 0.0753. The van der Waals surface area contributed by atoms with Crippen LogP contribution in [0.4, 0.5) is 0 Å². The van der Waals surface area contributed by atoms with E-state index in [4.69, 9.17) is 32.4 Å². The fourth-order valence-electron chi connectivity index (χ4n) is 3.06. The Balaban J connectivity index is 1.51. The molecule has 0 aliphatic heterocycles. The van der Waals surface area contributed by atoms with E-state index >= 15 is 0 Å². The largest absolute Gasteiger partial charge is 0.486 e. The molecule has 0 spiro atoms. The number of halogens is 2. The maximum Gasteiger partial charge on any atom is 0.307 e. The number of carbonyl (C=O) groups is 1. The zero-order valence-electron chi connectivity index (χ0n) is 15.7. The highest BCUT2D eigenvalue weighted by atomic mass is 35.5. The van der Waals surface area contributed by atoms with Crippen LogP contribution in [0.5, 0.6) is 5.75 Å². The van der Waals surface area contributed by atoms with Gasteiger partial charge in [0.15, 0.2) is 11.5 Å². The number of nitrogens with zero attached hydrogens (tertiary/aromatic N) is 1. The Bertz CT molecular complexity index is 1270. The molecule has 4 aromatic rings. The molecule has 0 aliphatic rings. The van der Waals surface area contributed by atoms with Crippen LogP contribution in [-0.2, 0) is 0 Å². The number of furan rings is 1. The first-order valence-electron chi connectivity index (χ1n) is 9.04. The number of hydrogen-bond donors (Lipinski definition) is 1. The Hall–Kier alpha value is -3.28. The third kappa shape index (κ3) is 4.03. The van der Waals surface area contributed by atoms with E-state index < -0.39 is 5.91 Å². The first-order valence-corrected chi connectivity index (χ1v) is 9.80. The monoisotopic (exact) mass is 438 g/mol. The molecule has 0 unspecified atom stereocenters. The molecule has 1 amide bonds. The zero-order chi connectivity index (χ0) is 21.1. The molecule has 0 aliphatic carbocycles. The van der Waals surface area contributed by atoms with E-state index in [2.05, 4.69) is 17.1 Å². The predicted octanol–water partition coefficient (Wildman–Crippen LogP) is 6.22. The van der Waals surface area contributed by atoms with Crippen LogP contribution in [0.1, 0.15) is 16.1 Å². The summed E-state index contributed by atoms with van der Waals surface area (Å²) in [6, 6.07) is 16.7. The number of nitrogens with one attached hydrogen (secondary N) is 1. The van der Waals surface area contributed by atoms with Crippen LogP contribution >= 0.6 is 23.2 Å². The Morgan fingerprint density at radius 3 is 2.63 bits per heavy atom. The molecule has 5 nitrogen and oxygen atoms in total. The van der Waals surface area contributed by atoms with Crippen molar-refractivity contribution in [1.82, 2.24) is 5.43 Å². The summed E-state index contributed by atoms with van der Waals surface area (Å²) in [6.07, 6.45) is 3.03. The molecule has 0 saturated heterocycles. The van der Waals surface area contributed by atoms with E-state index in [0.717, 1.165) is 16.2 Å². The summed E-state index contributed by atoms with van der Waals surface area (Å²) in [5, 5.41) is 7.60. The van der Waals surface area contributed by atoms with Crippen molar-refractivity contribution in [2.75, 3.05) is 6.61 Å². The number of fused-ring (bicyclic) bond motifs is 3. The molecule has 7 heteroatoms. The molecule has 1 heterocycles. The second-order valence-corrected chi connectivity index (χ2v) is 7.24. The molecular formula is C23H16Cl2N2O3. The standard InChI is InChI=1S/C23H16Cl2N2O3/c1-2-9-29-22-18(24)10-14(11-19(22)25)13-26-27-23(28)21-12-17-16-6-4-3-5-15(16)7-8-20(17)30-21/h2-8,10-13H,1,9H2,(H,27,28)/b26-13-. The summed E-state index contributed by atoms with van der Waals surface area (Å²) in [7, 11) is 0. The average molecular weight is 439 g/mol. The molecule has 1 aromatic heterocycles. The molecule has 1 N–H and O–H groups in total. The molecule has 4 rings (SSSR count). The van der Waals surface area contributed by atoms with Crippen LogP contribution in [0.3, 0.4) is 0 Å². The lowest BCUT2D eigenvalue weighted by molar-refractivity contribution is 0.0929. The summed E-state index contributed by atoms with van der Waals surface area (Å²) in [6.45, 7) is 3.87. The van der Waals surface area contributed by atoms with Crippen molar-refractivity contribution in [3.05, 3.63) is 88.6 Å². The highest BCUT2D eigenvalue weighted by molar-refractivity contribution is 6.37. The molecule has 0 bridgehead atoms. The minimum Gasteiger partial charge on any atom is -0.486 e. The highest BCUT2D eigenvalue weighted by Gasteiger charge is 2.13. The Morgan fingerprint density at radius 1 is 1.10 bits per heavy atom. The van der Waals surface area contributed by atoms with Crippen molar-refractivity contribution in [3.63, 3.8) is 0 Å². The van der Waals surface area contributed by atoms with Crippen LogP contribution < -0.4 is 10.2 Å². The van der Waals surface area contributed by atoms with E-state index in [1.165, 1.54) is 6.21 Å². The number of carbonyl (C=O) groups excluding carboxylic acids is 1. The number of hydrogen-bond acceptors (Lipinski definition) is 4. The molecular weight excluding hydrogens is 423 g/mol. The second-order valence-electron chi connectivity index (χ2n) is 6.42. The number of hydrazone groups is 1. The maximum absolute atomic E-state index is 12.4. The van der Waals surface area contributed by atoms with E-state index in [1.807, 2.05) is 36.4 Å². The van der Waals surface area contributed by atoms with Gasteiger partial charge in [0.1, 0.15) is 12.2 Å². The predicted molar refractivity (Wildman–Crippen MR) is 121 cm³/mol. The van der Waals surface area contributed by atoms with Gasteiger partial charge in [-0.1, -0.05) is 66.2 Å². The SMILES string of the molecule is C=CCOc1c(Cl)cc(/C=N\NC(=O)c2cc3c(ccc4ccccc43)o2)cc1Cl. The van der Waals surface area contributed by atoms with Gasteiger partial charge in [0.05, 0.1) is 16.3 Å². The van der Waals surface area contributed by atoms with Gasteiger partial charge in [-0.05, 0) is 40.6 Å². The minimum atomic E-state index is -0.463. The number of amides is 1. The molecule has 30 heavy (non-hydrogen) atoms. The maximum atomic E-state index is 12.4. The molecule has 0 atom stereocenters. The van der Waals surface area contributed by atoms with Gasteiger partial charge in [0.25, 0.3) is 0 Å². The fourth-order valence-corrected chi connectivity index (χ4v) is 3.67. The third-order valence-corrected chi connectivity index (χ3v) is 4.96. The van der Waals surface area contributed by atoms with Gasteiger partial charge >= 0.3 is 5.91 Å². The van der Waals surface area contributed by atoms with Crippen molar-refractivity contribution >= 4 is 57.1 Å². The molecule has 0 fully saturated rings. The number of ether oxygens (including phenoxy) is 1. The molecule has 0 radical (unpaired) electrons. The van der Waals surface area contributed by atoms with Crippen molar-refractivity contribution in [1.29, 1.82) is 0 Å². The van der Waals surface area contributed by atoms with Gasteiger partial charge in [-0.3, -0.25) is 4.79 Å². The topological polar surface area (TPSA) is 63.8 Å². The van der Waals surface area contributed by atoms with E-state index in [1.54, 1.807) is 24.3 Å². The Labute approximate surface area is 182 Å². The highest BCUT2D eigenvalue weighted by Crippen LogP contribution is 2.34. The first kappa shape index (κ1) is 20.0. The zero-order valence-corrected chi connectivity index (χ0v) is 17.2. The lowest BCUT2D eigenvalue weighted by Gasteiger charge is -2.08. The summed E-state index contributed by atoms with van der Waals surface area (Å²) in [4.78, 5) is 12.4. The Morgan fingerprint density at radius 2 is 1.87 bits per heavy atom. The van der Waals surface area contributed by atoms with Crippen LogP contribution in [0, 0.1) is 0 Å². The smallest absolute Gasteiger partial charge is 0.307 e. The minimum absolute atomic E-state index is 0.169. The quantitative estimate of drug-likeness (QED) is 0.220.